The highest BCUT2D eigenvalue weighted by Gasteiger charge is 2.49. The number of rotatable bonds is 4. The Kier molecular flexibility index (Phi) is 5.90. The first-order valence-electron chi connectivity index (χ1n) is 9.22. The quantitative estimate of drug-likeness (QED) is 0.532. The molecule has 11 nitrogen and oxygen atoms in total. The third-order valence-corrected chi connectivity index (χ3v) is 5.12. The standard InChI is InChI=1S/C16H21F3N6O5S/c1-15(2,3)29-14(26)24-8-4-5-10(9-24)21-13-23-22-12(11-6-7-20-25(11)13)30-31(27,28)16(17,18)19/h6-7,10H,4-5,8-9H2,1-3H3,(H,21,23)/t10-/m1/s1. The first-order valence-corrected chi connectivity index (χ1v) is 10.6. The Morgan fingerprint density at radius 3 is 2.61 bits per heavy atom. The second-order valence-corrected chi connectivity index (χ2v) is 9.39. The summed E-state index contributed by atoms with van der Waals surface area (Å²) in [6.45, 7) is 6.09. The van der Waals surface area contributed by atoms with Crippen molar-refractivity contribution in [2.75, 3.05) is 18.4 Å². The van der Waals surface area contributed by atoms with Crippen LogP contribution in [-0.2, 0) is 14.9 Å². The van der Waals surface area contributed by atoms with Crippen LogP contribution in [0.4, 0.5) is 23.9 Å². The van der Waals surface area contributed by atoms with Crippen LogP contribution in [0.15, 0.2) is 12.3 Å². The summed E-state index contributed by atoms with van der Waals surface area (Å²) in [5.41, 5.74) is -6.39. The van der Waals surface area contributed by atoms with Gasteiger partial charge in [-0.25, -0.2) is 4.79 Å². The minimum Gasteiger partial charge on any atom is -0.444 e. The molecule has 1 aliphatic rings. The lowest BCUT2D eigenvalue weighted by molar-refractivity contribution is -0.0501. The highest BCUT2D eigenvalue weighted by atomic mass is 32.2. The third-order valence-electron chi connectivity index (χ3n) is 4.18. The van der Waals surface area contributed by atoms with E-state index in [4.69, 9.17) is 4.74 Å². The number of piperidine rings is 1. The van der Waals surface area contributed by atoms with Crippen LogP contribution in [0.1, 0.15) is 33.6 Å². The fourth-order valence-electron chi connectivity index (χ4n) is 2.89. The normalized spacial score (nSPS) is 18.1. The van der Waals surface area contributed by atoms with Gasteiger partial charge in [-0.05, 0) is 39.7 Å². The van der Waals surface area contributed by atoms with Crippen molar-refractivity contribution in [1.29, 1.82) is 0 Å². The molecular formula is C16H21F3N6O5S. The molecule has 0 aromatic carbocycles. The molecule has 0 spiro atoms. The van der Waals surface area contributed by atoms with Gasteiger partial charge in [-0.3, -0.25) is 0 Å². The molecule has 2 aromatic rings. The van der Waals surface area contributed by atoms with E-state index in [-0.39, 0.29) is 17.5 Å². The van der Waals surface area contributed by atoms with Gasteiger partial charge in [0.15, 0.2) is 0 Å². The zero-order valence-electron chi connectivity index (χ0n) is 16.9. The Hall–Kier alpha value is -2.84. The number of halogens is 3. The Balaban J connectivity index is 1.77. The van der Waals surface area contributed by atoms with Gasteiger partial charge in [-0.15, -0.1) is 10.2 Å². The maximum absolute atomic E-state index is 12.6. The predicted octanol–water partition coefficient (Wildman–Crippen LogP) is 2.16. The number of anilines is 1. The molecule has 1 atom stereocenters. The molecule has 0 aliphatic carbocycles. The van der Waals surface area contributed by atoms with Gasteiger partial charge in [-0.2, -0.15) is 31.2 Å². The fourth-order valence-corrected chi connectivity index (χ4v) is 3.31. The number of aromatic nitrogens is 4. The van der Waals surface area contributed by atoms with Gasteiger partial charge in [0.25, 0.3) is 5.88 Å². The van der Waals surface area contributed by atoms with Gasteiger partial charge in [-0.1, -0.05) is 0 Å². The van der Waals surface area contributed by atoms with E-state index in [0.29, 0.717) is 25.9 Å². The number of hydrogen-bond acceptors (Lipinski definition) is 9. The third kappa shape index (κ3) is 5.26. The van der Waals surface area contributed by atoms with Crippen LogP contribution < -0.4 is 9.50 Å². The topological polar surface area (TPSA) is 128 Å². The average Bonchev–Trinajstić information content (AvgIpc) is 3.12. The summed E-state index contributed by atoms with van der Waals surface area (Å²) in [7, 11) is -5.91. The van der Waals surface area contributed by atoms with Crippen molar-refractivity contribution < 1.29 is 35.3 Å². The monoisotopic (exact) mass is 466 g/mol. The molecule has 1 N–H and O–H groups in total. The zero-order chi connectivity index (χ0) is 23.0. The molecule has 1 aliphatic heterocycles. The molecule has 3 heterocycles. The summed E-state index contributed by atoms with van der Waals surface area (Å²) in [6.07, 6.45) is 2.11. The van der Waals surface area contributed by atoms with Crippen LogP contribution in [-0.4, -0.2) is 69.5 Å². The molecule has 3 rings (SSSR count). The maximum Gasteiger partial charge on any atom is 0.534 e. The smallest absolute Gasteiger partial charge is 0.444 e. The molecule has 15 heteroatoms. The van der Waals surface area contributed by atoms with E-state index >= 15 is 0 Å². The number of nitrogens with zero attached hydrogens (tertiary/aromatic N) is 5. The predicted molar refractivity (Wildman–Crippen MR) is 101 cm³/mol. The average molecular weight is 466 g/mol. The van der Waals surface area contributed by atoms with Crippen molar-refractivity contribution in [3.8, 4) is 5.88 Å². The Morgan fingerprint density at radius 1 is 1.26 bits per heavy atom. The lowest BCUT2D eigenvalue weighted by atomic mass is 10.1. The highest BCUT2D eigenvalue weighted by molar-refractivity contribution is 7.88. The lowest BCUT2D eigenvalue weighted by Gasteiger charge is -2.34. The number of likely N-dealkylation sites (tertiary alicyclic amines) is 1. The molecule has 172 valence electrons. The van der Waals surface area contributed by atoms with Crippen LogP contribution >= 0.6 is 0 Å². The second-order valence-electron chi connectivity index (χ2n) is 7.85. The molecule has 1 fully saturated rings. The van der Waals surface area contributed by atoms with Crippen LogP contribution in [0.5, 0.6) is 5.88 Å². The number of amides is 1. The molecule has 0 unspecified atom stereocenters. The summed E-state index contributed by atoms with van der Waals surface area (Å²) in [5, 5.41) is 14.1. The Bertz CT molecular complexity index is 1070. The maximum atomic E-state index is 12.6. The van der Waals surface area contributed by atoms with E-state index in [0.717, 1.165) is 4.52 Å². The van der Waals surface area contributed by atoms with Crippen LogP contribution in [0.2, 0.25) is 0 Å². The number of ether oxygens (including phenoxy) is 1. The van der Waals surface area contributed by atoms with Crippen molar-refractivity contribution in [1.82, 2.24) is 24.7 Å². The SMILES string of the molecule is CC(C)(C)OC(=O)N1CCC[C@@H](Nc2nnc(OS(=O)(=O)C(F)(F)F)c3ccnn23)C1. The van der Waals surface area contributed by atoms with Gasteiger partial charge in [0.1, 0.15) is 11.1 Å². The number of fused-ring (bicyclic) bond motifs is 1. The van der Waals surface area contributed by atoms with Crippen LogP contribution in [0.3, 0.4) is 0 Å². The zero-order valence-corrected chi connectivity index (χ0v) is 17.7. The molecule has 0 saturated carbocycles. The fraction of sp³-hybridized carbons (Fsp3) is 0.625. The largest absolute Gasteiger partial charge is 0.534 e. The first-order chi connectivity index (χ1) is 14.3. The van der Waals surface area contributed by atoms with E-state index in [2.05, 4.69) is 24.8 Å². The van der Waals surface area contributed by atoms with Crippen molar-refractivity contribution >= 4 is 27.7 Å². The van der Waals surface area contributed by atoms with E-state index in [1.165, 1.54) is 17.2 Å². The molecule has 31 heavy (non-hydrogen) atoms. The van der Waals surface area contributed by atoms with Crippen molar-refractivity contribution in [3.63, 3.8) is 0 Å². The number of carbonyl (C=O) groups is 1. The second kappa shape index (κ2) is 8.01. The van der Waals surface area contributed by atoms with Crippen molar-refractivity contribution in [3.05, 3.63) is 12.3 Å². The number of nitrogens with one attached hydrogen (secondary N) is 1. The summed E-state index contributed by atoms with van der Waals surface area (Å²) in [4.78, 5) is 13.8. The Morgan fingerprint density at radius 2 is 1.97 bits per heavy atom. The number of alkyl halides is 3. The summed E-state index contributed by atoms with van der Waals surface area (Å²) >= 11 is 0. The van der Waals surface area contributed by atoms with Gasteiger partial charge in [0, 0.05) is 19.1 Å². The highest BCUT2D eigenvalue weighted by Crippen LogP contribution is 2.28. The molecular weight excluding hydrogens is 445 g/mol. The minimum absolute atomic E-state index is 0.0489. The molecule has 1 amide bonds. The molecule has 0 bridgehead atoms. The van der Waals surface area contributed by atoms with E-state index in [1.807, 2.05) is 0 Å². The summed E-state index contributed by atoms with van der Waals surface area (Å²) in [6, 6.07) is 0.961. The minimum atomic E-state index is -5.91. The van der Waals surface area contributed by atoms with Crippen molar-refractivity contribution in [2.45, 2.75) is 50.8 Å². The Labute approximate surface area is 175 Å². The molecule has 1 saturated heterocycles. The molecule has 0 radical (unpaired) electrons. The van der Waals surface area contributed by atoms with Gasteiger partial charge >= 0.3 is 21.7 Å². The van der Waals surface area contributed by atoms with E-state index < -0.39 is 33.2 Å². The van der Waals surface area contributed by atoms with Crippen LogP contribution in [0, 0.1) is 0 Å². The summed E-state index contributed by atoms with van der Waals surface area (Å²) < 4.78 is 70.9. The van der Waals surface area contributed by atoms with E-state index in [1.54, 1.807) is 20.8 Å². The van der Waals surface area contributed by atoms with Gasteiger partial charge < -0.3 is 19.1 Å². The summed E-state index contributed by atoms with van der Waals surface area (Å²) in [5.74, 6) is -0.813. The van der Waals surface area contributed by atoms with Gasteiger partial charge in [0.2, 0.25) is 5.95 Å². The number of carbonyl (C=O) groups excluding carboxylic acids is 1. The van der Waals surface area contributed by atoms with Crippen LogP contribution in [0.25, 0.3) is 5.52 Å². The van der Waals surface area contributed by atoms with Crippen molar-refractivity contribution in [2.24, 2.45) is 0 Å². The lowest BCUT2D eigenvalue weighted by Crippen LogP contribution is -2.47. The number of hydrogen-bond donors (Lipinski definition) is 1. The molecule has 2 aromatic heterocycles. The first kappa shape index (κ1) is 22.8. The van der Waals surface area contributed by atoms with E-state index in [9.17, 15) is 26.4 Å². The van der Waals surface area contributed by atoms with Gasteiger partial charge in [0.05, 0.1) is 6.20 Å².